The molecule has 0 amide bonds. The summed E-state index contributed by atoms with van der Waals surface area (Å²) in [5, 5.41) is 6.75. The van der Waals surface area contributed by atoms with E-state index < -0.39 is 23.6 Å². The zero-order valence-corrected chi connectivity index (χ0v) is 32.9. The molecule has 1 aromatic heterocycles. The average molecular weight is 788 g/mol. The minimum atomic E-state index is -0.658. The molecule has 6 aromatic rings. The van der Waals surface area contributed by atoms with Crippen LogP contribution in [-0.2, 0) is 27.2 Å². The zero-order chi connectivity index (χ0) is 40.3. The van der Waals surface area contributed by atoms with Gasteiger partial charge in [0.25, 0.3) is 0 Å². The van der Waals surface area contributed by atoms with Gasteiger partial charge in [0.1, 0.15) is 11.6 Å². The standard InChI is InChI=1S/C46H43F2N3O5S/c1-5-9-31-12-14-32(15-13-31)35-19-24-41(39(47)28-35)56-43(52)25-20-34-18-23-37(33-16-21-36(22-17-33)54-26-8-27-55-45(53)30(2)3)44(48)38(34)29-49-51(4)46-50-40-10-6-7-11-42(40)57-46/h6-7,10-19,21-24,28-29H,2,5,8-9,20,25-27H2,1,3-4H3/b49-29+. The van der Waals surface area contributed by atoms with Crippen LogP contribution in [0.25, 0.3) is 32.5 Å². The van der Waals surface area contributed by atoms with Gasteiger partial charge in [0.15, 0.2) is 11.6 Å². The summed E-state index contributed by atoms with van der Waals surface area (Å²) in [4.78, 5) is 29.2. The van der Waals surface area contributed by atoms with Crippen molar-refractivity contribution in [3.05, 3.63) is 144 Å². The number of thiazole rings is 1. The minimum absolute atomic E-state index is 0.112. The molecule has 6 rings (SSSR count). The number of aromatic nitrogens is 1. The Morgan fingerprint density at radius 3 is 2.35 bits per heavy atom. The molecule has 1 heterocycles. The van der Waals surface area contributed by atoms with E-state index in [9.17, 15) is 9.59 Å². The smallest absolute Gasteiger partial charge is 0.333 e. The molecule has 57 heavy (non-hydrogen) atoms. The highest BCUT2D eigenvalue weighted by Crippen LogP contribution is 2.31. The third kappa shape index (κ3) is 10.6. The molecule has 0 N–H and O–H groups in total. The van der Waals surface area contributed by atoms with Crippen molar-refractivity contribution < 1.29 is 32.6 Å². The normalized spacial score (nSPS) is 11.2. The van der Waals surface area contributed by atoms with Crippen LogP contribution in [-0.4, -0.2) is 43.4 Å². The van der Waals surface area contributed by atoms with Crippen molar-refractivity contribution in [2.75, 3.05) is 25.3 Å². The first-order valence-electron chi connectivity index (χ1n) is 18.7. The van der Waals surface area contributed by atoms with Crippen molar-refractivity contribution >= 4 is 44.8 Å². The number of para-hydroxylation sites is 1. The maximum Gasteiger partial charge on any atom is 0.333 e. The van der Waals surface area contributed by atoms with Gasteiger partial charge in [0.05, 0.1) is 36.1 Å². The van der Waals surface area contributed by atoms with Gasteiger partial charge in [-0.1, -0.05) is 98.0 Å². The number of benzene rings is 5. The van der Waals surface area contributed by atoms with E-state index in [1.807, 2.05) is 48.5 Å². The highest BCUT2D eigenvalue weighted by molar-refractivity contribution is 7.22. The number of halogens is 2. The first kappa shape index (κ1) is 40.5. The molecule has 0 aliphatic rings. The first-order valence-corrected chi connectivity index (χ1v) is 19.5. The van der Waals surface area contributed by atoms with Crippen molar-refractivity contribution in [2.45, 2.75) is 46.0 Å². The van der Waals surface area contributed by atoms with E-state index in [2.05, 4.69) is 23.6 Å². The Kier molecular flexibility index (Phi) is 13.6. The average Bonchev–Trinajstić information content (AvgIpc) is 3.66. The van der Waals surface area contributed by atoms with Gasteiger partial charge >= 0.3 is 11.9 Å². The summed E-state index contributed by atoms with van der Waals surface area (Å²) in [5.41, 5.74) is 5.55. The number of hydrazone groups is 1. The summed E-state index contributed by atoms with van der Waals surface area (Å²) >= 11 is 1.46. The molecular weight excluding hydrogens is 745 g/mol. The third-order valence-electron chi connectivity index (χ3n) is 9.07. The number of rotatable bonds is 17. The number of aryl methyl sites for hydroxylation is 2. The lowest BCUT2D eigenvalue weighted by Gasteiger charge is -2.14. The maximum atomic E-state index is 16.5. The third-order valence-corrected chi connectivity index (χ3v) is 10.2. The van der Waals surface area contributed by atoms with E-state index >= 15 is 8.78 Å². The van der Waals surface area contributed by atoms with Gasteiger partial charge in [-0.25, -0.2) is 23.6 Å². The molecule has 0 fully saturated rings. The molecule has 292 valence electrons. The number of fused-ring (bicyclic) bond motifs is 1. The SMILES string of the molecule is C=C(C)C(=O)OCCCOc1ccc(-c2ccc(CCC(=O)Oc3ccc(-c4ccc(CCC)cc4)cc3F)c(/C=N/N(C)c3nc4ccccc4s3)c2F)cc1. The topological polar surface area (TPSA) is 90.3 Å². The summed E-state index contributed by atoms with van der Waals surface area (Å²) in [6.07, 6.45) is 3.91. The number of hydrogen-bond donors (Lipinski definition) is 0. The minimum Gasteiger partial charge on any atom is -0.493 e. The molecule has 0 saturated heterocycles. The molecule has 0 saturated carbocycles. The van der Waals surface area contributed by atoms with Crippen LogP contribution in [0.5, 0.6) is 11.5 Å². The summed E-state index contributed by atoms with van der Waals surface area (Å²) < 4.78 is 49.0. The summed E-state index contributed by atoms with van der Waals surface area (Å²) in [5.74, 6) is -1.88. The molecule has 0 aliphatic carbocycles. The van der Waals surface area contributed by atoms with Crippen LogP contribution in [0.1, 0.15) is 49.8 Å². The monoisotopic (exact) mass is 787 g/mol. The van der Waals surface area contributed by atoms with E-state index in [0.717, 1.165) is 28.6 Å². The van der Waals surface area contributed by atoms with Crippen LogP contribution in [0.4, 0.5) is 13.9 Å². The van der Waals surface area contributed by atoms with Gasteiger partial charge in [0.2, 0.25) is 5.13 Å². The number of ether oxygens (including phenoxy) is 3. The second kappa shape index (κ2) is 19.1. The number of carbonyl (C=O) groups excluding carboxylic acids is 2. The molecule has 0 atom stereocenters. The second-order valence-electron chi connectivity index (χ2n) is 13.4. The number of carbonyl (C=O) groups is 2. The highest BCUT2D eigenvalue weighted by atomic mass is 32.1. The van der Waals surface area contributed by atoms with Gasteiger partial charge in [-0.2, -0.15) is 5.10 Å². The molecule has 0 aliphatic heterocycles. The first-order chi connectivity index (χ1) is 27.6. The molecular formula is C46H43F2N3O5S. The summed E-state index contributed by atoms with van der Waals surface area (Å²) in [7, 11) is 1.73. The Morgan fingerprint density at radius 2 is 1.63 bits per heavy atom. The number of nitrogens with zero attached hydrogens (tertiary/aromatic N) is 3. The Balaban J connectivity index is 1.17. The number of esters is 2. The lowest BCUT2D eigenvalue weighted by atomic mass is 9.96. The number of anilines is 1. The number of hydrogen-bond acceptors (Lipinski definition) is 9. The lowest BCUT2D eigenvalue weighted by Crippen LogP contribution is -2.12. The zero-order valence-electron chi connectivity index (χ0n) is 32.1. The van der Waals surface area contributed by atoms with Gasteiger partial charge in [0, 0.05) is 30.2 Å². The van der Waals surface area contributed by atoms with E-state index in [1.54, 1.807) is 61.4 Å². The molecule has 0 bridgehead atoms. The van der Waals surface area contributed by atoms with Crippen LogP contribution in [0.2, 0.25) is 0 Å². The molecule has 0 radical (unpaired) electrons. The van der Waals surface area contributed by atoms with Crippen molar-refractivity contribution in [3.63, 3.8) is 0 Å². The van der Waals surface area contributed by atoms with Gasteiger partial charge in [-0.3, -0.25) is 4.79 Å². The Bertz CT molecular complexity index is 2360. The maximum absolute atomic E-state index is 16.5. The van der Waals surface area contributed by atoms with E-state index in [-0.39, 0.29) is 30.8 Å². The Labute approximate surface area is 335 Å². The molecule has 5 aromatic carbocycles. The fraction of sp³-hybridized carbons (Fsp3) is 0.217. The Hall–Kier alpha value is -6.20. The summed E-state index contributed by atoms with van der Waals surface area (Å²) in [6, 6.07) is 30.6. The summed E-state index contributed by atoms with van der Waals surface area (Å²) in [6.45, 7) is 7.80. The van der Waals surface area contributed by atoms with Crippen molar-refractivity contribution in [1.29, 1.82) is 0 Å². The van der Waals surface area contributed by atoms with E-state index in [4.69, 9.17) is 14.2 Å². The largest absolute Gasteiger partial charge is 0.493 e. The molecule has 8 nitrogen and oxygen atoms in total. The van der Waals surface area contributed by atoms with Crippen LogP contribution in [0, 0.1) is 11.6 Å². The van der Waals surface area contributed by atoms with Crippen LogP contribution >= 0.6 is 11.3 Å². The van der Waals surface area contributed by atoms with Gasteiger partial charge in [-0.05, 0) is 84.0 Å². The molecule has 0 unspecified atom stereocenters. The molecule has 0 spiro atoms. The highest BCUT2D eigenvalue weighted by Gasteiger charge is 2.18. The van der Waals surface area contributed by atoms with Crippen molar-refractivity contribution in [1.82, 2.24) is 4.98 Å². The van der Waals surface area contributed by atoms with Crippen molar-refractivity contribution in [2.24, 2.45) is 5.10 Å². The predicted octanol–water partition coefficient (Wildman–Crippen LogP) is 10.8. The van der Waals surface area contributed by atoms with Crippen LogP contribution in [0.3, 0.4) is 0 Å². The quantitative estimate of drug-likeness (QED) is 0.0227. The predicted molar refractivity (Wildman–Crippen MR) is 223 cm³/mol. The fourth-order valence-corrected chi connectivity index (χ4v) is 6.88. The van der Waals surface area contributed by atoms with Gasteiger partial charge < -0.3 is 14.2 Å². The molecule has 11 heteroatoms. The van der Waals surface area contributed by atoms with Crippen molar-refractivity contribution in [3.8, 4) is 33.8 Å². The fourth-order valence-electron chi connectivity index (χ4n) is 6.00. The van der Waals surface area contributed by atoms with E-state index in [1.165, 1.54) is 35.2 Å². The lowest BCUT2D eigenvalue weighted by molar-refractivity contribution is -0.139. The Morgan fingerprint density at radius 1 is 0.895 bits per heavy atom. The van der Waals surface area contributed by atoms with Gasteiger partial charge in [-0.15, -0.1) is 0 Å². The van der Waals surface area contributed by atoms with Crippen LogP contribution in [0.15, 0.2) is 120 Å². The van der Waals surface area contributed by atoms with Crippen LogP contribution < -0.4 is 14.5 Å². The van der Waals surface area contributed by atoms with E-state index in [0.29, 0.717) is 51.7 Å². The second-order valence-corrected chi connectivity index (χ2v) is 14.5.